The van der Waals surface area contributed by atoms with Crippen LogP contribution in [0.3, 0.4) is 0 Å². The average Bonchev–Trinajstić information content (AvgIpc) is 3.08. The van der Waals surface area contributed by atoms with E-state index < -0.39 is 0 Å². The van der Waals surface area contributed by atoms with Gasteiger partial charge in [-0.3, -0.25) is 4.79 Å². The molecule has 2 aromatic heterocycles. The zero-order valence-corrected chi connectivity index (χ0v) is 11.0. The zero-order chi connectivity index (χ0) is 13.1. The molecule has 3 rings (SSSR count). The van der Waals surface area contributed by atoms with Crippen LogP contribution in [0.25, 0.3) is 10.9 Å². The van der Waals surface area contributed by atoms with Gasteiger partial charge in [0.15, 0.2) is 0 Å². The summed E-state index contributed by atoms with van der Waals surface area (Å²) in [5.41, 5.74) is 4.50. The fourth-order valence-corrected chi connectivity index (χ4v) is 2.60. The van der Waals surface area contributed by atoms with E-state index in [2.05, 4.69) is 21.4 Å². The zero-order valence-electron chi connectivity index (χ0n) is 10.2. The molecule has 2 N–H and O–H groups in total. The molecule has 4 nitrogen and oxygen atoms in total. The Kier molecular flexibility index (Phi) is 3.29. The van der Waals surface area contributed by atoms with Crippen molar-refractivity contribution in [3.8, 4) is 0 Å². The van der Waals surface area contributed by atoms with Gasteiger partial charge in [-0.05, 0) is 18.1 Å². The van der Waals surface area contributed by atoms with Crippen LogP contribution in [-0.4, -0.2) is 22.4 Å². The molecule has 1 amide bonds. The van der Waals surface area contributed by atoms with Crippen LogP contribution in [0.1, 0.15) is 16.1 Å². The topological polar surface area (TPSA) is 57.8 Å². The minimum atomic E-state index is -0.110. The SMILES string of the molecule is O=C(NCCc1c[nH]c2ccccc12)c1cscn1. The maximum atomic E-state index is 11.7. The van der Waals surface area contributed by atoms with E-state index in [0.29, 0.717) is 12.2 Å². The number of amides is 1. The van der Waals surface area contributed by atoms with Crippen molar-refractivity contribution in [2.45, 2.75) is 6.42 Å². The Morgan fingerprint density at radius 1 is 1.37 bits per heavy atom. The minimum absolute atomic E-state index is 0.110. The number of rotatable bonds is 4. The highest BCUT2D eigenvalue weighted by atomic mass is 32.1. The first-order valence-corrected chi connectivity index (χ1v) is 7.00. The molecule has 0 spiro atoms. The van der Waals surface area contributed by atoms with Crippen molar-refractivity contribution < 1.29 is 4.79 Å². The van der Waals surface area contributed by atoms with Gasteiger partial charge in [0.25, 0.3) is 5.91 Å². The molecule has 0 bridgehead atoms. The number of hydrogen-bond donors (Lipinski definition) is 2. The number of nitrogens with zero attached hydrogens (tertiary/aromatic N) is 1. The summed E-state index contributed by atoms with van der Waals surface area (Å²) in [5.74, 6) is -0.110. The van der Waals surface area contributed by atoms with Crippen LogP contribution in [0.15, 0.2) is 41.4 Å². The van der Waals surface area contributed by atoms with Crippen LogP contribution in [0.2, 0.25) is 0 Å². The Balaban J connectivity index is 1.62. The molecular weight excluding hydrogens is 258 g/mol. The highest BCUT2D eigenvalue weighted by molar-refractivity contribution is 7.07. The molecule has 0 saturated heterocycles. The van der Waals surface area contributed by atoms with Gasteiger partial charge in [-0.1, -0.05) is 18.2 Å². The van der Waals surface area contributed by atoms with Gasteiger partial charge in [0, 0.05) is 29.0 Å². The van der Waals surface area contributed by atoms with Gasteiger partial charge < -0.3 is 10.3 Å². The van der Waals surface area contributed by atoms with Crippen molar-refractivity contribution in [2.24, 2.45) is 0 Å². The molecule has 1 aromatic carbocycles. The normalized spacial score (nSPS) is 10.7. The van der Waals surface area contributed by atoms with Gasteiger partial charge in [-0.2, -0.15) is 0 Å². The molecule has 2 heterocycles. The first kappa shape index (κ1) is 11.9. The molecule has 5 heteroatoms. The Hall–Kier alpha value is -2.14. The van der Waals surface area contributed by atoms with E-state index in [1.54, 1.807) is 10.9 Å². The van der Waals surface area contributed by atoms with Crippen molar-refractivity contribution in [1.82, 2.24) is 15.3 Å². The lowest BCUT2D eigenvalue weighted by Crippen LogP contribution is -2.25. The van der Waals surface area contributed by atoms with Crippen LogP contribution in [0.4, 0.5) is 0 Å². The number of thiazole rings is 1. The molecule has 0 fully saturated rings. The highest BCUT2D eigenvalue weighted by Gasteiger charge is 2.07. The number of para-hydroxylation sites is 1. The van der Waals surface area contributed by atoms with Gasteiger partial charge in [0.1, 0.15) is 5.69 Å². The molecule has 96 valence electrons. The summed E-state index contributed by atoms with van der Waals surface area (Å²) in [6.45, 7) is 0.609. The Bertz CT molecular complexity index is 688. The molecule has 0 aliphatic rings. The molecule has 0 aliphatic carbocycles. The second-order valence-corrected chi connectivity index (χ2v) is 4.96. The fourth-order valence-electron chi connectivity index (χ4n) is 2.06. The second kappa shape index (κ2) is 5.24. The third-order valence-corrected chi connectivity index (χ3v) is 3.61. The van der Waals surface area contributed by atoms with Gasteiger partial charge in [-0.25, -0.2) is 4.98 Å². The number of hydrogen-bond acceptors (Lipinski definition) is 3. The summed E-state index contributed by atoms with van der Waals surface area (Å²) in [6.07, 6.45) is 2.81. The Labute approximate surface area is 114 Å². The van der Waals surface area contributed by atoms with E-state index in [9.17, 15) is 4.79 Å². The number of fused-ring (bicyclic) bond motifs is 1. The lowest BCUT2D eigenvalue weighted by molar-refractivity contribution is 0.0950. The number of carbonyl (C=O) groups excluding carboxylic acids is 1. The molecule has 3 aromatic rings. The molecule has 0 radical (unpaired) electrons. The van der Waals surface area contributed by atoms with Crippen LogP contribution in [0.5, 0.6) is 0 Å². The van der Waals surface area contributed by atoms with Gasteiger partial charge in [0.05, 0.1) is 5.51 Å². The average molecular weight is 271 g/mol. The van der Waals surface area contributed by atoms with E-state index >= 15 is 0 Å². The third kappa shape index (κ3) is 2.51. The standard InChI is InChI=1S/C14H13N3OS/c18-14(13-8-19-9-17-13)15-6-5-10-7-16-12-4-2-1-3-11(10)12/h1-4,7-9,16H,5-6H2,(H,15,18). The summed E-state index contributed by atoms with van der Waals surface area (Å²) in [4.78, 5) is 18.9. The van der Waals surface area contributed by atoms with Crippen LogP contribution in [0, 0.1) is 0 Å². The van der Waals surface area contributed by atoms with E-state index in [4.69, 9.17) is 0 Å². The van der Waals surface area contributed by atoms with E-state index in [1.807, 2.05) is 24.4 Å². The van der Waals surface area contributed by atoms with Crippen molar-refractivity contribution in [3.63, 3.8) is 0 Å². The van der Waals surface area contributed by atoms with E-state index in [0.717, 1.165) is 11.9 Å². The highest BCUT2D eigenvalue weighted by Crippen LogP contribution is 2.17. The number of aromatic nitrogens is 2. The van der Waals surface area contributed by atoms with Crippen molar-refractivity contribution in [3.05, 3.63) is 52.6 Å². The Morgan fingerprint density at radius 2 is 2.26 bits per heavy atom. The largest absolute Gasteiger partial charge is 0.361 e. The predicted octanol–water partition coefficient (Wildman–Crippen LogP) is 2.60. The summed E-state index contributed by atoms with van der Waals surface area (Å²) < 4.78 is 0. The number of carbonyl (C=O) groups is 1. The maximum Gasteiger partial charge on any atom is 0.270 e. The van der Waals surface area contributed by atoms with E-state index in [1.165, 1.54) is 22.3 Å². The number of aromatic amines is 1. The van der Waals surface area contributed by atoms with Gasteiger partial charge in [-0.15, -0.1) is 11.3 Å². The monoisotopic (exact) mass is 271 g/mol. The van der Waals surface area contributed by atoms with Gasteiger partial charge in [0.2, 0.25) is 0 Å². The summed E-state index contributed by atoms with van der Waals surface area (Å²) >= 11 is 1.42. The molecule has 0 atom stereocenters. The Morgan fingerprint density at radius 3 is 3.11 bits per heavy atom. The maximum absolute atomic E-state index is 11.7. The van der Waals surface area contributed by atoms with Crippen molar-refractivity contribution >= 4 is 28.1 Å². The first-order chi connectivity index (χ1) is 9.34. The molecule has 19 heavy (non-hydrogen) atoms. The van der Waals surface area contributed by atoms with Crippen molar-refractivity contribution in [1.29, 1.82) is 0 Å². The summed E-state index contributed by atoms with van der Waals surface area (Å²) in [6, 6.07) is 8.16. The quantitative estimate of drug-likeness (QED) is 0.766. The lowest BCUT2D eigenvalue weighted by atomic mass is 10.1. The number of nitrogens with one attached hydrogen (secondary N) is 2. The van der Waals surface area contributed by atoms with Crippen molar-refractivity contribution in [2.75, 3.05) is 6.54 Å². The molecule has 0 saturated carbocycles. The molecular formula is C14H13N3OS. The second-order valence-electron chi connectivity index (χ2n) is 4.24. The molecule has 0 aliphatic heterocycles. The summed E-state index contributed by atoms with van der Waals surface area (Å²) in [5, 5.41) is 5.84. The predicted molar refractivity (Wildman–Crippen MR) is 76.4 cm³/mol. The van der Waals surface area contributed by atoms with Crippen LogP contribution in [-0.2, 0) is 6.42 Å². The fraction of sp³-hybridized carbons (Fsp3) is 0.143. The molecule has 0 unspecified atom stereocenters. The van der Waals surface area contributed by atoms with E-state index in [-0.39, 0.29) is 5.91 Å². The minimum Gasteiger partial charge on any atom is -0.361 e. The number of benzene rings is 1. The summed E-state index contributed by atoms with van der Waals surface area (Å²) in [7, 11) is 0. The first-order valence-electron chi connectivity index (χ1n) is 6.06. The third-order valence-electron chi connectivity index (χ3n) is 3.02. The smallest absolute Gasteiger partial charge is 0.270 e. The van der Waals surface area contributed by atoms with Crippen LogP contribution >= 0.6 is 11.3 Å². The lowest BCUT2D eigenvalue weighted by Gasteiger charge is -2.02. The van der Waals surface area contributed by atoms with Crippen LogP contribution < -0.4 is 5.32 Å². The number of H-pyrrole nitrogens is 1. The van der Waals surface area contributed by atoms with Gasteiger partial charge >= 0.3 is 0 Å².